The lowest BCUT2D eigenvalue weighted by atomic mass is 10.1. The molecule has 18 heavy (non-hydrogen) atoms. The van der Waals surface area contributed by atoms with Crippen molar-refractivity contribution in [3.8, 4) is 11.8 Å². The molecule has 0 aliphatic carbocycles. The van der Waals surface area contributed by atoms with Crippen LogP contribution in [0.15, 0.2) is 54.6 Å². The normalized spacial score (nSPS) is 11.2. The highest BCUT2D eigenvalue weighted by Crippen LogP contribution is 2.07. The Morgan fingerprint density at radius 1 is 1.00 bits per heavy atom. The fourth-order valence-electron chi connectivity index (χ4n) is 1.73. The molecule has 0 unspecified atom stereocenters. The Morgan fingerprint density at radius 3 is 2.50 bits per heavy atom. The van der Waals surface area contributed by atoms with Crippen molar-refractivity contribution >= 4 is 5.69 Å². The molecule has 2 aromatic carbocycles. The summed E-state index contributed by atoms with van der Waals surface area (Å²) in [5.74, 6) is 6.41. The summed E-state index contributed by atoms with van der Waals surface area (Å²) in [5, 5.41) is 3.35. The zero-order valence-electron chi connectivity index (χ0n) is 10.8. The first-order valence-electron chi connectivity index (χ1n) is 6.14. The van der Waals surface area contributed by atoms with Gasteiger partial charge in [0, 0.05) is 11.3 Å². The van der Waals surface area contributed by atoms with Gasteiger partial charge in [-0.3, -0.25) is 0 Å². The first kappa shape index (κ1) is 12.3. The summed E-state index contributed by atoms with van der Waals surface area (Å²) in [4.78, 5) is 0. The second kappa shape index (κ2) is 5.93. The number of nitrogens with one attached hydrogen (secondary N) is 1. The summed E-state index contributed by atoms with van der Waals surface area (Å²) >= 11 is 0. The second-order valence-corrected chi connectivity index (χ2v) is 4.37. The van der Waals surface area contributed by atoms with E-state index in [4.69, 9.17) is 0 Å². The highest BCUT2D eigenvalue weighted by atomic mass is 14.9. The Balaban J connectivity index is 2.02. The van der Waals surface area contributed by atoms with Crippen LogP contribution in [-0.2, 0) is 0 Å². The summed E-state index contributed by atoms with van der Waals surface area (Å²) in [7, 11) is 0. The van der Waals surface area contributed by atoms with Gasteiger partial charge in [0.25, 0.3) is 0 Å². The molecule has 90 valence electrons. The van der Waals surface area contributed by atoms with Gasteiger partial charge < -0.3 is 5.32 Å². The van der Waals surface area contributed by atoms with Gasteiger partial charge in [0.2, 0.25) is 0 Å². The molecule has 0 radical (unpaired) electrons. The van der Waals surface area contributed by atoms with Crippen molar-refractivity contribution < 1.29 is 0 Å². The van der Waals surface area contributed by atoms with Crippen LogP contribution >= 0.6 is 0 Å². The third kappa shape index (κ3) is 3.68. The van der Waals surface area contributed by atoms with E-state index >= 15 is 0 Å². The quantitative estimate of drug-likeness (QED) is 0.780. The Kier molecular flexibility index (Phi) is 4.04. The van der Waals surface area contributed by atoms with Crippen LogP contribution in [0.5, 0.6) is 0 Å². The van der Waals surface area contributed by atoms with Crippen LogP contribution in [0.25, 0.3) is 0 Å². The Hall–Kier alpha value is -2.20. The SMILES string of the molecule is Cc1cccc(C#C[C@@H](C)Nc2ccccc2)c1. The van der Waals surface area contributed by atoms with Crippen molar-refractivity contribution in [2.45, 2.75) is 19.9 Å². The van der Waals surface area contributed by atoms with Crippen LogP contribution < -0.4 is 5.32 Å². The van der Waals surface area contributed by atoms with Gasteiger partial charge in [-0.2, -0.15) is 0 Å². The van der Waals surface area contributed by atoms with Crippen molar-refractivity contribution in [3.63, 3.8) is 0 Å². The fourth-order valence-corrected chi connectivity index (χ4v) is 1.73. The van der Waals surface area contributed by atoms with E-state index in [1.165, 1.54) is 5.56 Å². The van der Waals surface area contributed by atoms with Gasteiger partial charge in [-0.15, -0.1) is 0 Å². The maximum absolute atomic E-state index is 3.35. The lowest BCUT2D eigenvalue weighted by molar-refractivity contribution is 1.03. The Morgan fingerprint density at radius 2 is 1.78 bits per heavy atom. The van der Waals surface area contributed by atoms with Crippen LogP contribution in [0.1, 0.15) is 18.1 Å². The summed E-state index contributed by atoms with van der Waals surface area (Å²) < 4.78 is 0. The highest BCUT2D eigenvalue weighted by molar-refractivity contribution is 5.46. The van der Waals surface area contributed by atoms with E-state index in [1.807, 2.05) is 42.5 Å². The first-order chi connectivity index (χ1) is 8.74. The molecule has 0 spiro atoms. The van der Waals surface area contributed by atoms with E-state index in [1.54, 1.807) is 0 Å². The number of hydrogen-bond acceptors (Lipinski definition) is 1. The number of benzene rings is 2. The van der Waals surface area contributed by atoms with Gasteiger partial charge in [0.1, 0.15) is 0 Å². The predicted molar refractivity (Wildman–Crippen MR) is 77.6 cm³/mol. The summed E-state index contributed by atoms with van der Waals surface area (Å²) in [6.07, 6.45) is 0. The number of hydrogen-bond donors (Lipinski definition) is 1. The standard InChI is InChI=1S/C17H17N/c1-14-7-6-8-16(13-14)12-11-15(2)18-17-9-4-3-5-10-17/h3-10,13,15,18H,1-2H3/t15-/m1/s1. The number of rotatable bonds is 2. The minimum atomic E-state index is 0.132. The van der Waals surface area contributed by atoms with Gasteiger partial charge in [0.05, 0.1) is 6.04 Å². The molecular weight excluding hydrogens is 218 g/mol. The average Bonchev–Trinajstić information content (AvgIpc) is 2.38. The molecule has 0 bridgehead atoms. The van der Waals surface area contributed by atoms with Gasteiger partial charge in [-0.25, -0.2) is 0 Å². The van der Waals surface area contributed by atoms with Crippen LogP contribution in [-0.4, -0.2) is 6.04 Å². The fraction of sp³-hybridized carbons (Fsp3) is 0.176. The van der Waals surface area contributed by atoms with E-state index in [0.717, 1.165) is 11.3 Å². The minimum absolute atomic E-state index is 0.132. The molecule has 0 saturated carbocycles. The summed E-state index contributed by atoms with van der Waals surface area (Å²) in [6.45, 7) is 4.15. The van der Waals surface area contributed by atoms with Crippen LogP contribution in [0.4, 0.5) is 5.69 Å². The van der Waals surface area contributed by atoms with Gasteiger partial charge in [0.15, 0.2) is 0 Å². The molecule has 0 heterocycles. The lowest BCUT2D eigenvalue weighted by Gasteiger charge is -2.08. The van der Waals surface area contributed by atoms with Crippen LogP contribution in [0.3, 0.4) is 0 Å². The topological polar surface area (TPSA) is 12.0 Å². The lowest BCUT2D eigenvalue weighted by Crippen LogP contribution is -2.12. The highest BCUT2D eigenvalue weighted by Gasteiger charge is 1.96. The largest absolute Gasteiger partial charge is 0.372 e. The van der Waals surface area contributed by atoms with E-state index in [-0.39, 0.29) is 6.04 Å². The molecule has 0 aliphatic rings. The van der Waals surface area contributed by atoms with E-state index in [2.05, 4.69) is 43.1 Å². The summed E-state index contributed by atoms with van der Waals surface area (Å²) in [5.41, 5.74) is 3.41. The maximum atomic E-state index is 3.35. The van der Waals surface area contributed by atoms with Crippen molar-refractivity contribution in [2.24, 2.45) is 0 Å². The molecule has 1 N–H and O–H groups in total. The van der Waals surface area contributed by atoms with Gasteiger partial charge >= 0.3 is 0 Å². The number of para-hydroxylation sites is 1. The van der Waals surface area contributed by atoms with E-state index < -0.39 is 0 Å². The van der Waals surface area contributed by atoms with Gasteiger partial charge in [-0.05, 0) is 43.7 Å². The Bertz CT molecular complexity index is 561. The monoisotopic (exact) mass is 235 g/mol. The number of aryl methyl sites for hydroxylation is 1. The van der Waals surface area contributed by atoms with Crippen LogP contribution in [0, 0.1) is 18.8 Å². The molecule has 2 rings (SSSR count). The molecular formula is C17H17N. The smallest absolute Gasteiger partial charge is 0.0852 e. The van der Waals surface area contributed by atoms with Crippen molar-refractivity contribution in [2.75, 3.05) is 5.32 Å². The van der Waals surface area contributed by atoms with Crippen molar-refractivity contribution in [1.82, 2.24) is 0 Å². The molecule has 2 aromatic rings. The molecule has 1 heteroatoms. The second-order valence-electron chi connectivity index (χ2n) is 4.37. The molecule has 0 saturated heterocycles. The van der Waals surface area contributed by atoms with E-state index in [9.17, 15) is 0 Å². The molecule has 0 fully saturated rings. The maximum Gasteiger partial charge on any atom is 0.0852 e. The molecule has 1 atom stereocenters. The van der Waals surface area contributed by atoms with Crippen molar-refractivity contribution in [1.29, 1.82) is 0 Å². The molecule has 0 amide bonds. The third-order valence-corrected chi connectivity index (χ3v) is 2.61. The van der Waals surface area contributed by atoms with E-state index in [0.29, 0.717) is 0 Å². The van der Waals surface area contributed by atoms with Gasteiger partial charge in [-0.1, -0.05) is 42.2 Å². The Labute approximate surface area is 109 Å². The number of anilines is 1. The molecule has 0 aliphatic heterocycles. The first-order valence-corrected chi connectivity index (χ1v) is 6.14. The average molecular weight is 235 g/mol. The van der Waals surface area contributed by atoms with Crippen molar-refractivity contribution in [3.05, 3.63) is 65.7 Å². The molecule has 0 aromatic heterocycles. The predicted octanol–water partition coefficient (Wildman–Crippen LogP) is 3.85. The summed E-state index contributed by atoms with van der Waals surface area (Å²) in [6, 6.07) is 18.5. The minimum Gasteiger partial charge on any atom is -0.372 e. The zero-order valence-corrected chi connectivity index (χ0v) is 10.8. The third-order valence-electron chi connectivity index (χ3n) is 2.61. The van der Waals surface area contributed by atoms with Crippen LogP contribution in [0.2, 0.25) is 0 Å². The molecule has 1 nitrogen and oxygen atoms in total. The zero-order chi connectivity index (χ0) is 12.8.